The van der Waals surface area contributed by atoms with Crippen molar-refractivity contribution >= 4 is 54.6 Å². The van der Waals surface area contributed by atoms with Gasteiger partial charge in [-0.2, -0.15) is 0 Å². The lowest BCUT2D eigenvalue weighted by atomic mass is 10.2. The Morgan fingerprint density at radius 1 is 1.00 bits per heavy atom. The lowest BCUT2D eigenvalue weighted by Crippen LogP contribution is -2.16. The molecule has 0 unspecified atom stereocenters. The minimum Gasteiger partial charge on any atom is -0.340 e. The molecule has 14 heteroatoms. The number of benzene rings is 1. The van der Waals surface area contributed by atoms with Crippen molar-refractivity contribution in [3.05, 3.63) is 59.3 Å². The predicted molar refractivity (Wildman–Crippen MR) is 114 cm³/mol. The zero-order valence-corrected chi connectivity index (χ0v) is 18.3. The molecule has 0 radical (unpaired) electrons. The van der Waals surface area contributed by atoms with Gasteiger partial charge in [0, 0.05) is 24.2 Å². The van der Waals surface area contributed by atoms with Crippen LogP contribution in [0.15, 0.2) is 47.8 Å². The number of nitrogens with zero attached hydrogens (tertiary/aromatic N) is 3. The second kappa shape index (κ2) is 8.70. The number of sulfone groups is 1. The lowest BCUT2D eigenvalue weighted by molar-refractivity contribution is 0.567. The highest BCUT2D eigenvalue weighted by Gasteiger charge is 2.20. The van der Waals surface area contributed by atoms with Crippen molar-refractivity contribution < 1.29 is 21.2 Å². The van der Waals surface area contributed by atoms with Gasteiger partial charge in [0.2, 0.25) is 10.0 Å². The number of anilines is 4. The third-order valence-corrected chi connectivity index (χ3v) is 5.78. The Kier molecular flexibility index (Phi) is 6.40. The van der Waals surface area contributed by atoms with Crippen molar-refractivity contribution in [1.29, 1.82) is 0 Å². The molecule has 31 heavy (non-hydrogen) atoms. The second-order valence-electron chi connectivity index (χ2n) is 6.46. The van der Waals surface area contributed by atoms with Gasteiger partial charge in [-0.05, 0) is 29.8 Å². The fraction of sp³-hybridized carbons (Fsp3) is 0.118. The number of nitrogens with one attached hydrogen (secondary N) is 2. The molecule has 0 bridgehead atoms. The molecule has 0 saturated heterocycles. The van der Waals surface area contributed by atoms with E-state index in [1.807, 2.05) is 0 Å². The highest BCUT2D eigenvalue weighted by atomic mass is 35.5. The van der Waals surface area contributed by atoms with E-state index in [-0.39, 0.29) is 17.1 Å². The highest BCUT2D eigenvalue weighted by Crippen LogP contribution is 2.28. The van der Waals surface area contributed by atoms with E-state index in [0.717, 1.165) is 18.4 Å². The van der Waals surface area contributed by atoms with Gasteiger partial charge in [0.25, 0.3) is 0 Å². The molecule has 2 aromatic heterocycles. The van der Waals surface area contributed by atoms with Crippen LogP contribution in [-0.4, -0.2) is 38.0 Å². The molecule has 0 amide bonds. The van der Waals surface area contributed by atoms with E-state index in [0.29, 0.717) is 16.7 Å². The van der Waals surface area contributed by atoms with Crippen LogP contribution in [0.25, 0.3) is 0 Å². The van der Waals surface area contributed by atoms with Gasteiger partial charge in [0.1, 0.15) is 34.5 Å². The van der Waals surface area contributed by atoms with Crippen LogP contribution in [0.4, 0.5) is 27.5 Å². The van der Waals surface area contributed by atoms with Crippen LogP contribution in [0.2, 0.25) is 5.02 Å². The summed E-state index contributed by atoms with van der Waals surface area (Å²) in [6, 6.07) is 6.44. The molecule has 0 spiro atoms. The molecule has 3 rings (SSSR count). The average molecular weight is 487 g/mol. The van der Waals surface area contributed by atoms with Crippen molar-refractivity contribution in [2.45, 2.75) is 10.6 Å². The van der Waals surface area contributed by atoms with Gasteiger partial charge in [0.15, 0.2) is 9.84 Å². The Bertz CT molecular complexity index is 1340. The predicted octanol–water partition coefficient (Wildman–Crippen LogP) is 2.34. The van der Waals surface area contributed by atoms with Crippen LogP contribution in [0, 0.1) is 5.82 Å². The van der Waals surface area contributed by atoms with Crippen molar-refractivity contribution in [3.8, 4) is 0 Å². The molecule has 0 aliphatic rings. The third kappa shape index (κ3) is 6.30. The minimum absolute atomic E-state index is 0.000102. The van der Waals surface area contributed by atoms with E-state index in [2.05, 4.69) is 25.6 Å². The minimum atomic E-state index is -4.39. The van der Waals surface area contributed by atoms with Crippen molar-refractivity contribution in [2.24, 2.45) is 5.14 Å². The summed E-state index contributed by atoms with van der Waals surface area (Å²) in [6.07, 6.45) is 3.62. The quantitative estimate of drug-likeness (QED) is 0.455. The first kappa shape index (κ1) is 22.8. The second-order valence-corrected chi connectivity index (χ2v) is 10.6. The molecule has 2 heterocycles. The maximum Gasteiger partial charge on any atom is 0.241 e. The Labute approximate surface area is 182 Å². The molecule has 0 aliphatic carbocycles. The van der Waals surface area contributed by atoms with E-state index in [4.69, 9.17) is 16.7 Å². The number of primary sulfonamides is 1. The summed E-state index contributed by atoms with van der Waals surface area (Å²) in [5.74, 6) is -0.753. The summed E-state index contributed by atoms with van der Waals surface area (Å²) in [7, 11) is -7.95. The Balaban J connectivity index is 1.97. The molecule has 0 atom stereocenters. The van der Waals surface area contributed by atoms with Gasteiger partial charge in [-0.15, -0.1) is 0 Å². The van der Waals surface area contributed by atoms with Crippen LogP contribution in [0.3, 0.4) is 0 Å². The number of nitrogens with two attached hydrogens (primary N) is 1. The van der Waals surface area contributed by atoms with Crippen LogP contribution in [0.1, 0.15) is 5.56 Å². The summed E-state index contributed by atoms with van der Waals surface area (Å²) in [5, 5.41) is 11.2. The highest BCUT2D eigenvalue weighted by molar-refractivity contribution is 7.90. The average Bonchev–Trinajstić information content (AvgIpc) is 2.64. The molecule has 0 saturated carbocycles. The fourth-order valence-electron chi connectivity index (χ4n) is 2.54. The van der Waals surface area contributed by atoms with Crippen LogP contribution >= 0.6 is 11.6 Å². The van der Waals surface area contributed by atoms with Gasteiger partial charge < -0.3 is 10.6 Å². The number of sulfonamides is 1. The van der Waals surface area contributed by atoms with Crippen molar-refractivity contribution in [2.75, 3.05) is 16.9 Å². The van der Waals surface area contributed by atoms with E-state index >= 15 is 0 Å². The number of aromatic nitrogens is 3. The summed E-state index contributed by atoms with van der Waals surface area (Å²) in [6.45, 7) is 0. The monoisotopic (exact) mass is 486 g/mol. The SMILES string of the molecule is CS(=O)(=O)Cc1cc(F)c(S(N)(=O)=O)cc1Nc1cc(Nc2ccc(Cl)cn2)ncn1. The van der Waals surface area contributed by atoms with Crippen molar-refractivity contribution in [3.63, 3.8) is 0 Å². The Hall–Kier alpha value is -2.87. The molecule has 0 aliphatic heterocycles. The fourth-order valence-corrected chi connectivity index (χ4v) is 4.07. The summed E-state index contributed by atoms with van der Waals surface area (Å²) < 4.78 is 61.1. The molecule has 3 aromatic rings. The Morgan fingerprint density at radius 3 is 2.26 bits per heavy atom. The zero-order valence-electron chi connectivity index (χ0n) is 15.9. The maximum absolute atomic E-state index is 14.2. The molecule has 4 N–H and O–H groups in total. The van der Waals surface area contributed by atoms with Crippen LogP contribution < -0.4 is 15.8 Å². The number of pyridine rings is 1. The Morgan fingerprint density at radius 2 is 1.68 bits per heavy atom. The topological polar surface area (TPSA) is 157 Å². The maximum atomic E-state index is 14.2. The number of halogens is 2. The van der Waals surface area contributed by atoms with E-state index < -0.39 is 36.3 Å². The van der Waals surface area contributed by atoms with Gasteiger partial charge in [0.05, 0.1) is 10.8 Å². The standard InChI is InChI=1S/C17H16ClFN6O4S2/c1-30(26,27)8-10-4-12(19)14(31(20,28)29)5-13(10)24-16-6-17(23-9-22-16)25-15-3-2-11(18)7-21-15/h2-7,9H,8H2,1H3,(H2,20,28,29)(H2,21,22,23,24,25). The number of hydrogen-bond acceptors (Lipinski definition) is 9. The first-order chi connectivity index (χ1) is 14.4. The van der Waals surface area contributed by atoms with Crippen molar-refractivity contribution in [1.82, 2.24) is 15.0 Å². The first-order valence-electron chi connectivity index (χ1n) is 8.41. The normalized spacial score (nSPS) is 11.9. The smallest absolute Gasteiger partial charge is 0.241 e. The van der Waals surface area contributed by atoms with E-state index in [1.54, 1.807) is 12.1 Å². The van der Waals surface area contributed by atoms with Gasteiger partial charge in [-0.25, -0.2) is 41.3 Å². The first-order valence-corrected chi connectivity index (χ1v) is 12.4. The van der Waals surface area contributed by atoms with Crippen LogP contribution in [-0.2, 0) is 25.6 Å². The molecular formula is C17H16ClFN6O4S2. The van der Waals surface area contributed by atoms with Gasteiger partial charge in [-0.3, -0.25) is 0 Å². The zero-order chi connectivity index (χ0) is 22.8. The summed E-state index contributed by atoms with van der Waals surface area (Å²) in [5.41, 5.74) is 0.00464. The lowest BCUT2D eigenvalue weighted by Gasteiger charge is -2.14. The molecule has 1 aromatic carbocycles. The van der Waals surface area contributed by atoms with E-state index in [9.17, 15) is 21.2 Å². The number of rotatable bonds is 7. The molecule has 164 valence electrons. The summed E-state index contributed by atoms with van der Waals surface area (Å²) in [4.78, 5) is 11.3. The third-order valence-electron chi connectivity index (χ3n) is 3.80. The van der Waals surface area contributed by atoms with Gasteiger partial charge in [-0.1, -0.05) is 11.6 Å². The summed E-state index contributed by atoms with van der Waals surface area (Å²) >= 11 is 5.80. The molecule has 10 nitrogen and oxygen atoms in total. The van der Waals surface area contributed by atoms with Crippen LogP contribution in [0.5, 0.6) is 0 Å². The molecular weight excluding hydrogens is 471 g/mol. The number of hydrogen-bond donors (Lipinski definition) is 3. The largest absolute Gasteiger partial charge is 0.340 e. The van der Waals surface area contributed by atoms with Gasteiger partial charge >= 0.3 is 0 Å². The molecule has 0 fully saturated rings. The van der Waals surface area contributed by atoms with E-state index in [1.165, 1.54) is 18.6 Å².